The molecule has 84 valence electrons. The lowest BCUT2D eigenvalue weighted by molar-refractivity contribution is -0.130. The van der Waals surface area contributed by atoms with Gasteiger partial charge >= 0.3 is 0 Å². The molecule has 6 heteroatoms. The lowest BCUT2D eigenvalue weighted by Crippen LogP contribution is -2.35. The van der Waals surface area contributed by atoms with E-state index in [1.807, 2.05) is 0 Å². The third-order valence-corrected chi connectivity index (χ3v) is 2.38. The fourth-order valence-electron chi connectivity index (χ4n) is 1.52. The molecular formula is C10H12N4O2. The van der Waals surface area contributed by atoms with Gasteiger partial charge in [-0.2, -0.15) is 10.2 Å². The molecule has 2 amide bonds. The van der Waals surface area contributed by atoms with Crippen molar-refractivity contribution < 1.29 is 9.59 Å². The first-order chi connectivity index (χ1) is 7.75. The molecule has 6 nitrogen and oxygen atoms in total. The Bertz CT molecular complexity index is 393. The lowest BCUT2D eigenvalue weighted by Gasteiger charge is -2.18. The predicted molar refractivity (Wildman–Crippen MR) is 55.1 cm³/mol. The van der Waals surface area contributed by atoms with Crippen molar-refractivity contribution in [2.75, 3.05) is 13.1 Å². The number of nitrogens with one attached hydrogen (secondary N) is 1. The van der Waals surface area contributed by atoms with Crippen LogP contribution in [0.4, 0.5) is 0 Å². The minimum Gasteiger partial charge on any atom is -0.347 e. The topological polar surface area (TPSA) is 75.2 Å². The standard InChI is InChI=1S/C10H12N4O2/c15-9-3-5-14(10(16)6-11-9)7-8-2-1-4-12-13-8/h1-2,4H,3,5-7H2,(H,11,15). The number of carbonyl (C=O) groups excluding carboxylic acids is 2. The van der Waals surface area contributed by atoms with E-state index in [1.165, 1.54) is 0 Å². The number of carbonyl (C=O) groups is 2. The minimum atomic E-state index is -0.0880. The molecule has 1 fully saturated rings. The number of hydrogen-bond donors (Lipinski definition) is 1. The maximum absolute atomic E-state index is 11.6. The van der Waals surface area contributed by atoms with E-state index in [9.17, 15) is 9.59 Å². The van der Waals surface area contributed by atoms with Crippen molar-refractivity contribution in [3.05, 3.63) is 24.0 Å². The van der Waals surface area contributed by atoms with Crippen LogP contribution in [0.5, 0.6) is 0 Å². The van der Waals surface area contributed by atoms with Crippen molar-refractivity contribution in [2.24, 2.45) is 0 Å². The molecular weight excluding hydrogens is 208 g/mol. The van der Waals surface area contributed by atoms with E-state index >= 15 is 0 Å². The lowest BCUT2D eigenvalue weighted by atomic mass is 10.3. The molecule has 16 heavy (non-hydrogen) atoms. The molecule has 0 radical (unpaired) electrons. The van der Waals surface area contributed by atoms with Crippen LogP contribution in [0.3, 0.4) is 0 Å². The van der Waals surface area contributed by atoms with Crippen LogP contribution >= 0.6 is 0 Å². The number of hydrogen-bond acceptors (Lipinski definition) is 4. The molecule has 0 saturated carbocycles. The predicted octanol–water partition coefficient (Wildman–Crippen LogP) is -0.675. The Kier molecular flexibility index (Phi) is 3.09. The molecule has 0 atom stereocenters. The molecule has 0 aromatic carbocycles. The second kappa shape index (κ2) is 4.69. The van der Waals surface area contributed by atoms with E-state index in [2.05, 4.69) is 15.5 Å². The Morgan fingerprint density at radius 2 is 2.31 bits per heavy atom. The van der Waals surface area contributed by atoms with Gasteiger partial charge in [-0.15, -0.1) is 0 Å². The summed E-state index contributed by atoms with van der Waals surface area (Å²) in [5.74, 6) is -0.175. The normalized spacial score (nSPS) is 16.9. The highest BCUT2D eigenvalue weighted by Gasteiger charge is 2.20. The summed E-state index contributed by atoms with van der Waals surface area (Å²) in [4.78, 5) is 24.3. The molecule has 0 bridgehead atoms. The Labute approximate surface area is 92.7 Å². The largest absolute Gasteiger partial charge is 0.347 e. The Balaban J connectivity index is 2.03. The fraction of sp³-hybridized carbons (Fsp3) is 0.400. The van der Waals surface area contributed by atoms with Gasteiger partial charge in [-0.25, -0.2) is 0 Å². The van der Waals surface area contributed by atoms with Gasteiger partial charge in [-0.05, 0) is 12.1 Å². The number of rotatable bonds is 2. The first kappa shape index (κ1) is 10.5. The van der Waals surface area contributed by atoms with E-state index in [1.54, 1.807) is 23.2 Å². The summed E-state index contributed by atoms with van der Waals surface area (Å²) in [6.45, 7) is 0.905. The summed E-state index contributed by atoms with van der Waals surface area (Å²) >= 11 is 0. The smallest absolute Gasteiger partial charge is 0.242 e. The molecule has 0 unspecified atom stereocenters. The zero-order valence-electron chi connectivity index (χ0n) is 8.72. The van der Waals surface area contributed by atoms with Gasteiger partial charge in [-0.1, -0.05) is 0 Å². The molecule has 1 aliphatic heterocycles. The van der Waals surface area contributed by atoms with Crippen LogP contribution in [0.2, 0.25) is 0 Å². The van der Waals surface area contributed by atoms with E-state index < -0.39 is 0 Å². The Morgan fingerprint density at radius 1 is 1.44 bits per heavy atom. The molecule has 1 saturated heterocycles. The van der Waals surface area contributed by atoms with Crippen molar-refractivity contribution in [3.8, 4) is 0 Å². The monoisotopic (exact) mass is 220 g/mol. The van der Waals surface area contributed by atoms with Crippen LogP contribution in [0, 0.1) is 0 Å². The van der Waals surface area contributed by atoms with Crippen LogP contribution in [-0.4, -0.2) is 40.0 Å². The van der Waals surface area contributed by atoms with E-state index in [0.29, 0.717) is 19.5 Å². The highest BCUT2D eigenvalue weighted by Crippen LogP contribution is 2.04. The van der Waals surface area contributed by atoms with Gasteiger partial charge in [-0.3, -0.25) is 9.59 Å². The second-order valence-electron chi connectivity index (χ2n) is 3.56. The maximum atomic E-state index is 11.6. The average molecular weight is 220 g/mol. The molecule has 2 rings (SSSR count). The van der Waals surface area contributed by atoms with Gasteiger partial charge in [0.15, 0.2) is 0 Å². The Hall–Kier alpha value is -1.98. The minimum absolute atomic E-state index is 0.0685. The van der Waals surface area contributed by atoms with Crippen molar-refractivity contribution >= 4 is 11.8 Å². The van der Waals surface area contributed by atoms with Crippen LogP contribution in [-0.2, 0) is 16.1 Å². The van der Waals surface area contributed by atoms with E-state index in [4.69, 9.17) is 0 Å². The third-order valence-electron chi connectivity index (χ3n) is 2.38. The van der Waals surface area contributed by atoms with Gasteiger partial charge < -0.3 is 10.2 Å². The average Bonchev–Trinajstić information content (AvgIpc) is 2.46. The summed E-state index contributed by atoms with van der Waals surface area (Å²) in [5.41, 5.74) is 0.727. The summed E-state index contributed by atoms with van der Waals surface area (Å²) in [6, 6.07) is 3.58. The van der Waals surface area contributed by atoms with Crippen molar-refractivity contribution in [2.45, 2.75) is 13.0 Å². The summed E-state index contributed by atoms with van der Waals surface area (Å²) in [7, 11) is 0. The molecule has 1 aromatic heterocycles. The van der Waals surface area contributed by atoms with Gasteiger partial charge in [0.25, 0.3) is 0 Å². The highest BCUT2D eigenvalue weighted by molar-refractivity contribution is 5.87. The molecule has 1 aliphatic rings. The summed E-state index contributed by atoms with van der Waals surface area (Å²) in [6.07, 6.45) is 1.92. The molecule has 0 aliphatic carbocycles. The van der Waals surface area contributed by atoms with Crippen molar-refractivity contribution in [1.29, 1.82) is 0 Å². The second-order valence-corrected chi connectivity index (χ2v) is 3.56. The van der Waals surface area contributed by atoms with Gasteiger partial charge in [0.1, 0.15) is 0 Å². The zero-order valence-corrected chi connectivity index (χ0v) is 8.72. The zero-order chi connectivity index (χ0) is 11.4. The van der Waals surface area contributed by atoms with Crippen LogP contribution in [0.15, 0.2) is 18.3 Å². The van der Waals surface area contributed by atoms with Crippen molar-refractivity contribution in [1.82, 2.24) is 20.4 Å². The van der Waals surface area contributed by atoms with E-state index in [-0.39, 0.29) is 18.4 Å². The fourth-order valence-corrected chi connectivity index (χ4v) is 1.52. The molecule has 1 aromatic rings. The first-order valence-corrected chi connectivity index (χ1v) is 5.07. The van der Waals surface area contributed by atoms with Crippen LogP contribution < -0.4 is 5.32 Å². The van der Waals surface area contributed by atoms with E-state index in [0.717, 1.165) is 5.69 Å². The number of aromatic nitrogens is 2. The molecule has 1 N–H and O–H groups in total. The number of amides is 2. The Morgan fingerprint density at radius 3 is 3.06 bits per heavy atom. The SMILES string of the molecule is O=C1CCN(Cc2cccnn2)C(=O)CN1. The van der Waals surface area contributed by atoms with Crippen LogP contribution in [0.25, 0.3) is 0 Å². The summed E-state index contributed by atoms with van der Waals surface area (Å²) < 4.78 is 0. The highest BCUT2D eigenvalue weighted by atomic mass is 16.2. The van der Waals surface area contributed by atoms with Gasteiger partial charge in [0.2, 0.25) is 11.8 Å². The first-order valence-electron chi connectivity index (χ1n) is 5.07. The van der Waals surface area contributed by atoms with Gasteiger partial charge in [0.05, 0.1) is 18.8 Å². The third kappa shape index (κ3) is 2.53. The summed E-state index contributed by atoms with van der Waals surface area (Å²) in [5, 5.41) is 10.2. The van der Waals surface area contributed by atoms with Crippen LogP contribution in [0.1, 0.15) is 12.1 Å². The van der Waals surface area contributed by atoms with Crippen molar-refractivity contribution in [3.63, 3.8) is 0 Å². The molecule has 0 spiro atoms. The molecule has 2 heterocycles. The maximum Gasteiger partial charge on any atom is 0.242 e. The quantitative estimate of drug-likeness (QED) is 0.717. The van der Waals surface area contributed by atoms with Gasteiger partial charge in [0, 0.05) is 19.2 Å². The number of nitrogens with zero attached hydrogens (tertiary/aromatic N) is 3.